The molecule has 1 fully saturated rings. The molecule has 0 aliphatic carbocycles. The Labute approximate surface area is 210 Å². The fraction of sp³-hybridized carbons (Fsp3) is 0.310. The molecule has 1 atom stereocenters. The highest BCUT2D eigenvalue weighted by Gasteiger charge is 2.33. The summed E-state index contributed by atoms with van der Waals surface area (Å²) < 4.78 is 19.2. The zero-order valence-electron chi connectivity index (χ0n) is 20.4. The van der Waals surface area contributed by atoms with E-state index in [9.17, 15) is 5.41 Å². The molecule has 184 valence electrons. The highest BCUT2D eigenvalue weighted by molar-refractivity contribution is 5.90. The van der Waals surface area contributed by atoms with Crippen LogP contribution in [0, 0.1) is 5.41 Å². The van der Waals surface area contributed by atoms with Gasteiger partial charge in [-0.25, -0.2) is 4.98 Å². The van der Waals surface area contributed by atoms with Gasteiger partial charge in [0.15, 0.2) is 0 Å². The molecule has 36 heavy (non-hydrogen) atoms. The normalized spacial score (nSPS) is 17.3. The topological polar surface area (TPSA) is 72.6 Å². The van der Waals surface area contributed by atoms with Crippen molar-refractivity contribution in [3.8, 4) is 17.4 Å². The van der Waals surface area contributed by atoms with E-state index >= 15 is 0 Å². The summed E-state index contributed by atoms with van der Waals surface area (Å²) in [6.07, 6.45) is 2.70. The SMILES string of the molecule is COc1ccc([C@H]2c3c(ncn(CCCN4CCOCC4)c3=N)Oc3ccc4ccccc4c32)cc1. The lowest BCUT2D eigenvalue weighted by Crippen LogP contribution is -2.37. The first-order valence-electron chi connectivity index (χ1n) is 12.5. The molecule has 6 rings (SSSR count). The van der Waals surface area contributed by atoms with Crippen LogP contribution in [-0.2, 0) is 11.3 Å². The lowest BCUT2D eigenvalue weighted by molar-refractivity contribution is 0.0369. The van der Waals surface area contributed by atoms with Crippen molar-refractivity contribution >= 4 is 10.8 Å². The number of nitrogens with zero attached hydrogens (tertiary/aromatic N) is 3. The molecule has 0 radical (unpaired) electrons. The van der Waals surface area contributed by atoms with Crippen molar-refractivity contribution in [2.75, 3.05) is 40.0 Å². The maximum atomic E-state index is 9.24. The van der Waals surface area contributed by atoms with Crippen molar-refractivity contribution in [3.63, 3.8) is 0 Å². The second-order valence-corrected chi connectivity index (χ2v) is 9.32. The van der Waals surface area contributed by atoms with Gasteiger partial charge >= 0.3 is 0 Å². The number of benzene rings is 3. The van der Waals surface area contributed by atoms with E-state index in [2.05, 4.69) is 47.4 Å². The number of aryl methyl sites for hydroxylation is 1. The van der Waals surface area contributed by atoms with Gasteiger partial charge in [-0.3, -0.25) is 10.3 Å². The monoisotopic (exact) mass is 482 g/mol. The van der Waals surface area contributed by atoms with Crippen LogP contribution in [0.5, 0.6) is 17.4 Å². The summed E-state index contributed by atoms with van der Waals surface area (Å²) in [6, 6.07) is 20.6. The van der Waals surface area contributed by atoms with E-state index in [1.165, 1.54) is 0 Å². The Bertz CT molecular complexity index is 1440. The Balaban J connectivity index is 1.43. The van der Waals surface area contributed by atoms with Crippen LogP contribution in [0.15, 0.2) is 67.0 Å². The number of morpholine rings is 1. The third-order valence-electron chi connectivity index (χ3n) is 7.23. The summed E-state index contributed by atoms with van der Waals surface area (Å²) in [6.45, 7) is 5.25. The molecule has 2 aliphatic rings. The summed E-state index contributed by atoms with van der Waals surface area (Å²) in [5.74, 6) is 1.93. The van der Waals surface area contributed by atoms with Crippen LogP contribution >= 0.6 is 0 Å². The summed E-state index contributed by atoms with van der Waals surface area (Å²) in [7, 11) is 1.67. The van der Waals surface area contributed by atoms with Gasteiger partial charge in [0.25, 0.3) is 0 Å². The molecule has 1 N–H and O–H groups in total. The zero-order valence-corrected chi connectivity index (χ0v) is 20.4. The quantitative estimate of drug-likeness (QED) is 0.385. The van der Waals surface area contributed by atoms with Crippen LogP contribution in [0.1, 0.15) is 29.0 Å². The molecule has 0 spiro atoms. The molecular formula is C29H30N4O3. The average molecular weight is 483 g/mol. The van der Waals surface area contributed by atoms with Crippen LogP contribution in [0.3, 0.4) is 0 Å². The summed E-state index contributed by atoms with van der Waals surface area (Å²) in [5.41, 5.74) is 3.41. The number of hydrogen-bond acceptors (Lipinski definition) is 6. The minimum atomic E-state index is -0.174. The van der Waals surface area contributed by atoms with Gasteiger partial charge in [0.2, 0.25) is 5.88 Å². The molecular weight excluding hydrogens is 452 g/mol. The smallest absolute Gasteiger partial charge is 0.228 e. The van der Waals surface area contributed by atoms with Crippen LogP contribution in [0.2, 0.25) is 0 Å². The Hall–Kier alpha value is -3.68. The van der Waals surface area contributed by atoms with Gasteiger partial charge in [-0.05, 0) is 41.0 Å². The zero-order chi connectivity index (χ0) is 24.5. The first-order valence-corrected chi connectivity index (χ1v) is 12.5. The lowest BCUT2D eigenvalue weighted by atomic mass is 9.81. The van der Waals surface area contributed by atoms with Crippen molar-refractivity contribution in [3.05, 3.63) is 89.2 Å². The van der Waals surface area contributed by atoms with Gasteiger partial charge in [0, 0.05) is 37.7 Å². The number of nitrogens with one attached hydrogen (secondary N) is 1. The second-order valence-electron chi connectivity index (χ2n) is 9.32. The highest BCUT2D eigenvalue weighted by Crippen LogP contribution is 2.48. The van der Waals surface area contributed by atoms with Crippen LogP contribution in [-0.4, -0.2) is 54.4 Å². The number of ether oxygens (including phenoxy) is 3. The number of fused-ring (bicyclic) bond motifs is 4. The van der Waals surface area contributed by atoms with E-state index in [-0.39, 0.29) is 5.92 Å². The Morgan fingerprint density at radius 3 is 2.58 bits per heavy atom. The van der Waals surface area contributed by atoms with Crippen molar-refractivity contribution in [2.45, 2.75) is 18.9 Å². The van der Waals surface area contributed by atoms with Gasteiger partial charge in [-0.2, -0.15) is 0 Å². The molecule has 1 aromatic heterocycles. The Kier molecular flexibility index (Phi) is 6.17. The minimum absolute atomic E-state index is 0.174. The molecule has 4 aromatic rings. The molecule has 2 aliphatic heterocycles. The minimum Gasteiger partial charge on any atom is -0.497 e. The number of methoxy groups -OCH3 is 1. The van der Waals surface area contributed by atoms with Crippen molar-refractivity contribution in [2.24, 2.45) is 0 Å². The maximum Gasteiger partial charge on any atom is 0.228 e. The molecule has 7 nitrogen and oxygen atoms in total. The van der Waals surface area contributed by atoms with Gasteiger partial charge in [0.05, 0.1) is 25.9 Å². The Morgan fingerprint density at radius 2 is 1.78 bits per heavy atom. The van der Waals surface area contributed by atoms with E-state index in [0.29, 0.717) is 11.4 Å². The molecule has 0 saturated carbocycles. The van der Waals surface area contributed by atoms with Gasteiger partial charge in [-0.15, -0.1) is 0 Å². The van der Waals surface area contributed by atoms with Crippen molar-refractivity contribution in [1.82, 2.24) is 14.5 Å². The largest absolute Gasteiger partial charge is 0.497 e. The molecule has 0 unspecified atom stereocenters. The van der Waals surface area contributed by atoms with E-state index < -0.39 is 0 Å². The maximum absolute atomic E-state index is 9.24. The molecule has 0 bridgehead atoms. The molecule has 1 saturated heterocycles. The summed E-state index contributed by atoms with van der Waals surface area (Å²) >= 11 is 0. The predicted octanol–water partition coefficient (Wildman–Crippen LogP) is 4.53. The van der Waals surface area contributed by atoms with E-state index in [1.54, 1.807) is 13.4 Å². The third-order valence-corrected chi connectivity index (χ3v) is 7.23. The van der Waals surface area contributed by atoms with E-state index in [1.807, 2.05) is 22.8 Å². The van der Waals surface area contributed by atoms with Crippen molar-refractivity contribution < 1.29 is 14.2 Å². The molecule has 3 aromatic carbocycles. The third kappa shape index (κ3) is 4.14. The van der Waals surface area contributed by atoms with Crippen LogP contribution in [0.25, 0.3) is 10.8 Å². The fourth-order valence-corrected chi connectivity index (χ4v) is 5.35. The second kappa shape index (κ2) is 9.76. The summed E-state index contributed by atoms with van der Waals surface area (Å²) in [5, 5.41) is 11.5. The number of rotatable bonds is 6. The number of aromatic nitrogens is 2. The Morgan fingerprint density at radius 1 is 0.972 bits per heavy atom. The van der Waals surface area contributed by atoms with Crippen LogP contribution < -0.4 is 15.0 Å². The predicted molar refractivity (Wildman–Crippen MR) is 138 cm³/mol. The van der Waals surface area contributed by atoms with E-state index in [0.717, 1.165) is 84.8 Å². The van der Waals surface area contributed by atoms with Gasteiger partial charge < -0.3 is 18.8 Å². The molecule has 3 heterocycles. The number of hydrogen-bond donors (Lipinski definition) is 1. The fourth-order valence-electron chi connectivity index (χ4n) is 5.35. The first kappa shape index (κ1) is 22.8. The molecule has 0 amide bonds. The first-order chi connectivity index (χ1) is 17.7. The lowest BCUT2D eigenvalue weighted by Gasteiger charge is -2.30. The van der Waals surface area contributed by atoms with E-state index in [4.69, 9.17) is 19.2 Å². The van der Waals surface area contributed by atoms with Crippen molar-refractivity contribution in [1.29, 1.82) is 5.41 Å². The average Bonchev–Trinajstić information content (AvgIpc) is 2.94. The standard InChI is InChI=1S/C29H30N4O3/c1-34-22-10-7-21(8-11-22)25-26-23-6-3-2-5-20(23)9-12-24(26)36-29-27(25)28(30)33(19-31-29)14-4-13-32-15-17-35-18-16-32/h2-3,5-12,19,25,30H,4,13-18H2,1H3/t25-/m1/s1. The van der Waals surface area contributed by atoms with Gasteiger partial charge in [-0.1, -0.05) is 42.5 Å². The van der Waals surface area contributed by atoms with Gasteiger partial charge in [0.1, 0.15) is 23.3 Å². The summed E-state index contributed by atoms with van der Waals surface area (Å²) in [4.78, 5) is 7.12. The molecule has 7 heteroatoms. The van der Waals surface area contributed by atoms with Crippen LogP contribution in [0.4, 0.5) is 0 Å². The highest BCUT2D eigenvalue weighted by atomic mass is 16.5.